The molecule has 15 heavy (non-hydrogen) atoms. The normalized spacial score (nSPS) is 11.1. The molecule has 0 rings (SSSR count). The summed E-state index contributed by atoms with van der Waals surface area (Å²) in [6.07, 6.45) is 16.0. The van der Waals surface area contributed by atoms with Crippen LogP contribution in [0.1, 0.15) is 78.1 Å². The number of hydrogen-bond donors (Lipinski definition) is 0. The Morgan fingerprint density at radius 3 is 1.47 bits per heavy atom. The van der Waals surface area contributed by atoms with Crippen LogP contribution in [0.4, 0.5) is 0 Å². The lowest BCUT2D eigenvalue weighted by Crippen LogP contribution is -1.87. The fourth-order valence-electron chi connectivity index (χ4n) is 2.04. The first-order chi connectivity index (χ1) is 7.27. The number of rotatable bonds is 11. The standard InChI is InChI=1S/C14H31B/c1-14(2)12-10-8-6-4-3-5-7-9-11-13-15/h14H,3-13,15H2,1-2H3. The van der Waals surface area contributed by atoms with E-state index in [0.717, 1.165) is 5.92 Å². The zero-order chi connectivity index (χ0) is 11.4. The lowest BCUT2D eigenvalue weighted by Gasteiger charge is -2.04. The Balaban J connectivity index is 2.87. The van der Waals surface area contributed by atoms with E-state index in [2.05, 4.69) is 21.7 Å². The highest BCUT2D eigenvalue weighted by atomic mass is 14.0. The average Bonchev–Trinajstić information content (AvgIpc) is 2.20. The van der Waals surface area contributed by atoms with Crippen molar-refractivity contribution in [3.63, 3.8) is 0 Å². The van der Waals surface area contributed by atoms with Crippen molar-refractivity contribution in [3.8, 4) is 0 Å². The predicted molar refractivity (Wildman–Crippen MR) is 74.4 cm³/mol. The van der Waals surface area contributed by atoms with Crippen LogP contribution in [0.5, 0.6) is 0 Å². The van der Waals surface area contributed by atoms with Crippen LogP contribution in [0.3, 0.4) is 0 Å². The van der Waals surface area contributed by atoms with Gasteiger partial charge in [-0.15, -0.1) is 0 Å². The highest BCUT2D eigenvalue weighted by Gasteiger charge is 1.94. The van der Waals surface area contributed by atoms with Crippen molar-refractivity contribution in [1.82, 2.24) is 0 Å². The van der Waals surface area contributed by atoms with Gasteiger partial charge in [0.15, 0.2) is 0 Å². The molecule has 0 fully saturated rings. The Bertz CT molecular complexity index is 110. The molecule has 0 nitrogen and oxygen atoms in total. The SMILES string of the molecule is BCCCCCCCCCCCC(C)C. The molecule has 0 aliphatic heterocycles. The summed E-state index contributed by atoms with van der Waals surface area (Å²) < 4.78 is 0. The van der Waals surface area contributed by atoms with E-state index >= 15 is 0 Å². The maximum absolute atomic E-state index is 2.33. The van der Waals surface area contributed by atoms with Crippen LogP contribution in [-0.4, -0.2) is 7.85 Å². The van der Waals surface area contributed by atoms with Crippen LogP contribution in [-0.2, 0) is 0 Å². The van der Waals surface area contributed by atoms with Crippen molar-refractivity contribution < 1.29 is 0 Å². The molecule has 0 aliphatic rings. The lowest BCUT2D eigenvalue weighted by atomic mass is 9.98. The summed E-state index contributed by atoms with van der Waals surface area (Å²) >= 11 is 0. The van der Waals surface area contributed by atoms with Crippen molar-refractivity contribution in [2.45, 2.75) is 84.4 Å². The van der Waals surface area contributed by atoms with Crippen LogP contribution >= 0.6 is 0 Å². The molecule has 0 aliphatic carbocycles. The van der Waals surface area contributed by atoms with Gasteiger partial charge in [-0.1, -0.05) is 84.4 Å². The predicted octanol–water partition coefficient (Wildman–Crippen LogP) is 4.59. The molecule has 0 atom stereocenters. The molecule has 0 aromatic rings. The quantitative estimate of drug-likeness (QED) is 0.345. The van der Waals surface area contributed by atoms with E-state index in [1.165, 1.54) is 70.5 Å². The molecule has 0 aromatic carbocycles. The second-order valence-corrected chi connectivity index (χ2v) is 5.36. The Kier molecular flexibility index (Phi) is 12.2. The van der Waals surface area contributed by atoms with Gasteiger partial charge in [0.2, 0.25) is 0 Å². The zero-order valence-corrected chi connectivity index (χ0v) is 11.4. The first kappa shape index (κ1) is 15.1. The van der Waals surface area contributed by atoms with Crippen LogP contribution in [0, 0.1) is 5.92 Å². The molecule has 0 radical (unpaired) electrons. The summed E-state index contributed by atoms with van der Waals surface area (Å²) in [5, 5.41) is 0. The van der Waals surface area contributed by atoms with Gasteiger partial charge in [-0.3, -0.25) is 0 Å². The van der Waals surface area contributed by atoms with Crippen molar-refractivity contribution in [2.75, 3.05) is 0 Å². The molecule has 0 unspecified atom stereocenters. The van der Waals surface area contributed by atoms with E-state index in [1.807, 2.05) is 0 Å². The van der Waals surface area contributed by atoms with Gasteiger partial charge in [0.25, 0.3) is 0 Å². The molecule has 0 saturated carbocycles. The fraction of sp³-hybridized carbons (Fsp3) is 1.00. The fourth-order valence-corrected chi connectivity index (χ4v) is 2.04. The van der Waals surface area contributed by atoms with E-state index in [4.69, 9.17) is 0 Å². The van der Waals surface area contributed by atoms with Crippen molar-refractivity contribution in [2.24, 2.45) is 5.92 Å². The molecule has 1 heteroatoms. The highest BCUT2D eigenvalue weighted by molar-refractivity contribution is 6.08. The Morgan fingerprint density at radius 1 is 0.667 bits per heavy atom. The van der Waals surface area contributed by atoms with E-state index in [1.54, 1.807) is 0 Å². The summed E-state index contributed by atoms with van der Waals surface area (Å²) in [5.74, 6) is 0.902. The summed E-state index contributed by atoms with van der Waals surface area (Å²) in [4.78, 5) is 0. The van der Waals surface area contributed by atoms with E-state index in [9.17, 15) is 0 Å². The smallest absolute Gasteiger partial charge is 0.0811 e. The molecule has 0 bridgehead atoms. The highest BCUT2D eigenvalue weighted by Crippen LogP contribution is 2.13. The molecule has 0 aromatic heterocycles. The van der Waals surface area contributed by atoms with E-state index in [-0.39, 0.29) is 0 Å². The third-order valence-electron chi connectivity index (χ3n) is 3.14. The second-order valence-electron chi connectivity index (χ2n) is 5.36. The van der Waals surface area contributed by atoms with Gasteiger partial charge < -0.3 is 0 Å². The second kappa shape index (κ2) is 12.1. The van der Waals surface area contributed by atoms with Crippen molar-refractivity contribution in [1.29, 1.82) is 0 Å². The average molecular weight is 210 g/mol. The molecule has 0 amide bonds. The van der Waals surface area contributed by atoms with Gasteiger partial charge in [-0.25, -0.2) is 0 Å². The monoisotopic (exact) mass is 210 g/mol. The van der Waals surface area contributed by atoms with Crippen LogP contribution in [0.15, 0.2) is 0 Å². The Hall–Kier alpha value is 0.0649. The molecule has 0 spiro atoms. The largest absolute Gasteiger partial charge is 0.101 e. The first-order valence-electron chi connectivity index (χ1n) is 7.27. The van der Waals surface area contributed by atoms with Gasteiger partial charge in [0.05, 0.1) is 0 Å². The lowest BCUT2D eigenvalue weighted by molar-refractivity contribution is 0.507. The summed E-state index contributed by atoms with van der Waals surface area (Å²) in [5.41, 5.74) is 0. The topological polar surface area (TPSA) is 0 Å². The van der Waals surface area contributed by atoms with Crippen LogP contribution < -0.4 is 0 Å². The van der Waals surface area contributed by atoms with Gasteiger partial charge in [-0.2, -0.15) is 0 Å². The third-order valence-corrected chi connectivity index (χ3v) is 3.14. The molecular weight excluding hydrogens is 179 g/mol. The Morgan fingerprint density at radius 2 is 1.07 bits per heavy atom. The summed E-state index contributed by atoms with van der Waals surface area (Å²) in [6.45, 7) is 4.65. The minimum Gasteiger partial charge on any atom is -0.0811 e. The molecular formula is C14H31B. The van der Waals surface area contributed by atoms with Gasteiger partial charge >= 0.3 is 0 Å². The maximum Gasteiger partial charge on any atom is 0.101 e. The number of unbranched alkanes of at least 4 members (excludes halogenated alkanes) is 8. The van der Waals surface area contributed by atoms with Crippen molar-refractivity contribution >= 4 is 7.85 Å². The summed E-state index contributed by atoms with van der Waals surface area (Å²) in [7, 11) is 2.29. The Labute approximate surface area is 98.6 Å². The minimum absolute atomic E-state index is 0.902. The minimum atomic E-state index is 0.902. The van der Waals surface area contributed by atoms with Gasteiger partial charge in [-0.05, 0) is 5.92 Å². The molecule has 0 heterocycles. The first-order valence-corrected chi connectivity index (χ1v) is 7.27. The van der Waals surface area contributed by atoms with Gasteiger partial charge in [0, 0.05) is 0 Å². The zero-order valence-electron chi connectivity index (χ0n) is 11.4. The van der Waals surface area contributed by atoms with Crippen LogP contribution in [0.2, 0.25) is 6.32 Å². The molecule has 90 valence electrons. The van der Waals surface area contributed by atoms with Gasteiger partial charge in [0.1, 0.15) is 7.85 Å². The third kappa shape index (κ3) is 14.1. The van der Waals surface area contributed by atoms with E-state index < -0.39 is 0 Å². The van der Waals surface area contributed by atoms with E-state index in [0.29, 0.717) is 0 Å². The van der Waals surface area contributed by atoms with Crippen LogP contribution in [0.25, 0.3) is 0 Å². The molecule has 0 saturated heterocycles. The maximum atomic E-state index is 2.33. The van der Waals surface area contributed by atoms with Crippen molar-refractivity contribution in [3.05, 3.63) is 0 Å². The molecule has 0 N–H and O–H groups in total. The number of hydrogen-bond acceptors (Lipinski definition) is 0. The summed E-state index contributed by atoms with van der Waals surface area (Å²) in [6, 6.07) is 0.